The van der Waals surface area contributed by atoms with E-state index in [1.165, 1.54) is 13.8 Å². The molecule has 1 aromatic rings. The Morgan fingerprint density at radius 3 is 2.71 bits per heavy atom. The highest BCUT2D eigenvalue weighted by atomic mass is 16.5. The Bertz CT molecular complexity index is 428. The molecule has 0 aliphatic carbocycles. The molecule has 0 unspecified atom stereocenters. The molecule has 0 amide bonds. The maximum absolute atomic E-state index is 11.6. The van der Waals surface area contributed by atoms with Gasteiger partial charge in [0.05, 0.1) is 6.61 Å². The molecule has 9 heteroatoms. The summed E-state index contributed by atoms with van der Waals surface area (Å²) in [5.41, 5.74) is -1.68. The average molecular weight is 240 g/mol. The van der Waals surface area contributed by atoms with Crippen molar-refractivity contribution in [2.24, 2.45) is 10.2 Å². The maximum Gasteiger partial charge on any atom is 0.343 e. The molecule has 1 aromatic heterocycles. The Balaban J connectivity index is 2.93. The summed E-state index contributed by atoms with van der Waals surface area (Å²) >= 11 is 0. The molecular formula is C8H12N6O3. The molecule has 0 aromatic carbocycles. The van der Waals surface area contributed by atoms with Crippen LogP contribution in [-0.4, -0.2) is 44.5 Å². The first-order valence-corrected chi connectivity index (χ1v) is 4.85. The van der Waals surface area contributed by atoms with E-state index in [4.69, 9.17) is 4.74 Å². The molecule has 0 aliphatic heterocycles. The Morgan fingerprint density at radius 2 is 2.24 bits per heavy atom. The van der Waals surface area contributed by atoms with E-state index in [-0.39, 0.29) is 12.6 Å². The summed E-state index contributed by atoms with van der Waals surface area (Å²) in [5, 5.41) is 19.6. The number of H-pyrrole nitrogens is 1. The molecule has 0 aliphatic rings. The first-order chi connectivity index (χ1) is 8.00. The van der Waals surface area contributed by atoms with Gasteiger partial charge in [0.15, 0.2) is 5.78 Å². The van der Waals surface area contributed by atoms with Gasteiger partial charge in [-0.1, -0.05) is 5.10 Å². The van der Waals surface area contributed by atoms with Gasteiger partial charge in [0.25, 0.3) is 0 Å². The normalized spacial score (nSPS) is 14.5. The van der Waals surface area contributed by atoms with Gasteiger partial charge in [-0.05, 0) is 26.0 Å². The molecule has 9 nitrogen and oxygen atoms in total. The quantitative estimate of drug-likeness (QED) is 0.445. The Morgan fingerprint density at radius 1 is 1.53 bits per heavy atom. The number of carbonyl (C=O) groups is 2. The number of nitrogens with one attached hydrogen (secondary N) is 1. The number of hydrogen-bond acceptors (Lipinski definition) is 8. The van der Waals surface area contributed by atoms with Crippen molar-refractivity contribution in [2.75, 3.05) is 6.61 Å². The van der Waals surface area contributed by atoms with Crippen LogP contribution < -0.4 is 0 Å². The van der Waals surface area contributed by atoms with Gasteiger partial charge in [0, 0.05) is 0 Å². The smallest absolute Gasteiger partial charge is 0.343 e. The number of ether oxygens (including phenoxy) is 1. The van der Waals surface area contributed by atoms with Crippen LogP contribution >= 0.6 is 0 Å². The van der Waals surface area contributed by atoms with E-state index >= 15 is 0 Å². The molecule has 0 saturated heterocycles. The van der Waals surface area contributed by atoms with Crippen molar-refractivity contribution >= 4 is 17.7 Å². The van der Waals surface area contributed by atoms with Crippen molar-refractivity contribution in [1.29, 1.82) is 0 Å². The third-order valence-corrected chi connectivity index (χ3v) is 2.03. The number of aromatic nitrogens is 4. The van der Waals surface area contributed by atoms with Gasteiger partial charge in [-0.15, -0.1) is 10.2 Å². The summed E-state index contributed by atoms with van der Waals surface area (Å²) in [7, 11) is 0. The third kappa shape index (κ3) is 2.89. The van der Waals surface area contributed by atoms with Crippen LogP contribution in [0.4, 0.5) is 5.95 Å². The van der Waals surface area contributed by atoms with Crippen molar-refractivity contribution < 1.29 is 14.3 Å². The van der Waals surface area contributed by atoms with E-state index in [9.17, 15) is 9.59 Å². The number of hydrogen-bond donors (Lipinski definition) is 1. The number of azo groups is 1. The van der Waals surface area contributed by atoms with Gasteiger partial charge >= 0.3 is 11.9 Å². The van der Waals surface area contributed by atoms with E-state index in [1.807, 2.05) is 0 Å². The summed E-state index contributed by atoms with van der Waals surface area (Å²) in [6.45, 7) is 4.33. The minimum Gasteiger partial charge on any atom is -0.464 e. The second-order valence-corrected chi connectivity index (χ2v) is 3.26. The number of Topliss-reactive ketones (excluding diaryl/α,β-unsaturated/α-hetero) is 1. The molecule has 0 saturated carbocycles. The minimum atomic E-state index is -1.68. The monoisotopic (exact) mass is 240 g/mol. The SMILES string of the molecule is CCOC(=O)[C@](C)(N=Nc1nn[nH]n1)C(C)=O. The van der Waals surface area contributed by atoms with E-state index in [1.54, 1.807) is 6.92 Å². The molecule has 92 valence electrons. The van der Waals surface area contributed by atoms with Crippen LogP contribution in [0.3, 0.4) is 0 Å². The minimum absolute atomic E-state index is 0.0678. The lowest BCUT2D eigenvalue weighted by atomic mass is 9.99. The van der Waals surface area contributed by atoms with Crippen LogP contribution in [-0.2, 0) is 14.3 Å². The average Bonchev–Trinajstić information content (AvgIpc) is 2.78. The van der Waals surface area contributed by atoms with Crippen LogP contribution in [0.2, 0.25) is 0 Å². The molecule has 0 spiro atoms. The predicted molar refractivity (Wildman–Crippen MR) is 54.4 cm³/mol. The highest BCUT2D eigenvalue weighted by Crippen LogP contribution is 2.17. The largest absolute Gasteiger partial charge is 0.464 e. The second-order valence-electron chi connectivity index (χ2n) is 3.26. The van der Waals surface area contributed by atoms with Gasteiger partial charge < -0.3 is 4.74 Å². The Labute approximate surface area is 96.6 Å². The van der Waals surface area contributed by atoms with E-state index in [0.717, 1.165) is 0 Å². The molecule has 0 radical (unpaired) electrons. The van der Waals surface area contributed by atoms with Gasteiger partial charge in [0.1, 0.15) is 0 Å². The predicted octanol–water partition coefficient (Wildman–Crippen LogP) is 0.194. The van der Waals surface area contributed by atoms with Crippen molar-refractivity contribution in [3.05, 3.63) is 0 Å². The Hall–Kier alpha value is -2.19. The summed E-state index contributed by atoms with van der Waals surface area (Å²) in [6.07, 6.45) is 0. The van der Waals surface area contributed by atoms with Crippen LogP contribution in [0.15, 0.2) is 10.2 Å². The zero-order chi connectivity index (χ0) is 12.9. The summed E-state index contributed by atoms with van der Waals surface area (Å²) < 4.78 is 4.76. The molecule has 1 N–H and O–H groups in total. The zero-order valence-corrected chi connectivity index (χ0v) is 9.67. The number of esters is 1. The Kier molecular flexibility index (Phi) is 3.96. The number of carbonyl (C=O) groups excluding carboxylic acids is 2. The molecule has 1 rings (SSSR count). The topological polar surface area (TPSA) is 123 Å². The number of aromatic amines is 1. The summed E-state index contributed by atoms with van der Waals surface area (Å²) in [6, 6.07) is 0. The van der Waals surface area contributed by atoms with Gasteiger partial charge in [-0.2, -0.15) is 10.3 Å². The lowest BCUT2D eigenvalue weighted by Crippen LogP contribution is -2.41. The fraction of sp³-hybridized carbons (Fsp3) is 0.625. The molecule has 0 bridgehead atoms. The maximum atomic E-state index is 11.6. The number of ketones is 1. The standard InChI is InChI=1S/C8H12N6O3/c1-4-17-6(16)8(3,5(2)15)12-9-7-10-13-14-11-7/h4H2,1-3H3,(H,10,11,13,14)/t8-/m1/s1. The molecule has 0 fully saturated rings. The summed E-state index contributed by atoms with van der Waals surface area (Å²) in [4.78, 5) is 23.0. The van der Waals surface area contributed by atoms with Crippen molar-refractivity contribution in [1.82, 2.24) is 20.6 Å². The summed E-state index contributed by atoms with van der Waals surface area (Å²) in [5.74, 6) is -1.32. The van der Waals surface area contributed by atoms with Gasteiger partial charge in [-0.3, -0.25) is 4.79 Å². The fourth-order valence-corrected chi connectivity index (χ4v) is 0.870. The van der Waals surface area contributed by atoms with Crippen LogP contribution in [0, 0.1) is 0 Å². The molecule has 17 heavy (non-hydrogen) atoms. The zero-order valence-electron chi connectivity index (χ0n) is 9.67. The van der Waals surface area contributed by atoms with Crippen molar-refractivity contribution in [3.63, 3.8) is 0 Å². The lowest BCUT2D eigenvalue weighted by Gasteiger charge is -2.17. The van der Waals surface area contributed by atoms with E-state index < -0.39 is 17.3 Å². The van der Waals surface area contributed by atoms with E-state index in [0.29, 0.717) is 0 Å². The van der Waals surface area contributed by atoms with Crippen molar-refractivity contribution in [2.45, 2.75) is 26.3 Å². The highest BCUT2D eigenvalue weighted by molar-refractivity contribution is 6.07. The molecule has 1 heterocycles. The lowest BCUT2D eigenvalue weighted by molar-refractivity contribution is -0.152. The van der Waals surface area contributed by atoms with Crippen LogP contribution in [0.5, 0.6) is 0 Å². The highest BCUT2D eigenvalue weighted by Gasteiger charge is 2.40. The van der Waals surface area contributed by atoms with Crippen molar-refractivity contribution in [3.8, 4) is 0 Å². The molecular weight excluding hydrogens is 228 g/mol. The third-order valence-electron chi connectivity index (χ3n) is 2.03. The van der Waals surface area contributed by atoms with Gasteiger partial charge in [-0.25, -0.2) is 4.79 Å². The number of tetrazole rings is 1. The fourth-order valence-electron chi connectivity index (χ4n) is 0.870. The molecule has 1 atom stereocenters. The van der Waals surface area contributed by atoms with E-state index in [2.05, 4.69) is 30.9 Å². The first kappa shape index (κ1) is 12.9. The number of rotatable bonds is 5. The number of nitrogens with zero attached hydrogens (tertiary/aromatic N) is 5. The van der Waals surface area contributed by atoms with Gasteiger partial charge in [0.2, 0.25) is 5.54 Å². The first-order valence-electron chi connectivity index (χ1n) is 4.85. The second kappa shape index (κ2) is 5.23. The van der Waals surface area contributed by atoms with Crippen LogP contribution in [0.25, 0.3) is 0 Å². The van der Waals surface area contributed by atoms with Crippen LogP contribution in [0.1, 0.15) is 20.8 Å².